The summed E-state index contributed by atoms with van der Waals surface area (Å²) >= 11 is 0. The number of pyridine rings is 1. The molecule has 0 spiro atoms. The van der Waals surface area contributed by atoms with E-state index in [9.17, 15) is 0 Å². The third kappa shape index (κ3) is 5.54. The topological polar surface area (TPSA) is 80.1 Å². The van der Waals surface area contributed by atoms with Crippen molar-refractivity contribution in [1.29, 1.82) is 0 Å². The van der Waals surface area contributed by atoms with Gasteiger partial charge in [0.1, 0.15) is 11.6 Å². The summed E-state index contributed by atoms with van der Waals surface area (Å²) in [6.07, 6.45) is 9.42. The minimum absolute atomic E-state index is 0.269. The molecule has 0 amide bonds. The summed E-state index contributed by atoms with van der Waals surface area (Å²) in [7, 11) is 0. The molecule has 0 aromatic carbocycles. The van der Waals surface area contributed by atoms with E-state index in [4.69, 9.17) is 10.5 Å². The van der Waals surface area contributed by atoms with Crippen LogP contribution >= 0.6 is 0 Å². The molecule has 3 rings (SSSR count). The number of aromatic nitrogens is 3. The van der Waals surface area contributed by atoms with Crippen LogP contribution in [0.2, 0.25) is 0 Å². The van der Waals surface area contributed by atoms with Crippen molar-refractivity contribution < 1.29 is 4.74 Å². The molecule has 3 heterocycles. The van der Waals surface area contributed by atoms with E-state index in [1.807, 2.05) is 18.3 Å². The summed E-state index contributed by atoms with van der Waals surface area (Å²) in [5, 5.41) is 0. The molecule has 1 saturated heterocycles. The Labute approximate surface area is 149 Å². The molecule has 6 nitrogen and oxygen atoms in total. The molecular weight excluding hydrogens is 314 g/mol. The van der Waals surface area contributed by atoms with Gasteiger partial charge < -0.3 is 15.5 Å². The second kappa shape index (κ2) is 8.97. The molecular formula is C19H29N5O. The Kier molecular flexibility index (Phi) is 6.42. The number of imidazole rings is 1. The highest BCUT2D eigenvalue weighted by molar-refractivity contribution is 5.31. The van der Waals surface area contributed by atoms with Crippen LogP contribution in [-0.4, -0.2) is 45.7 Å². The smallest absolute Gasteiger partial charge is 0.123 e. The number of nitrogens with zero attached hydrogens (tertiary/aromatic N) is 3. The van der Waals surface area contributed by atoms with E-state index >= 15 is 0 Å². The van der Waals surface area contributed by atoms with Gasteiger partial charge in [0.15, 0.2) is 0 Å². The third-order valence-electron chi connectivity index (χ3n) is 4.67. The number of ether oxygens (including phenoxy) is 1. The van der Waals surface area contributed by atoms with Gasteiger partial charge in [0.05, 0.1) is 12.7 Å². The lowest BCUT2D eigenvalue weighted by Gasteiger charge is -2.32. The Hall–Kier alpha value is -1.92. The molecule has 0 radical (unpaired) electrons. The number of anilines is 1. The first kappa shape index (κ1) is 17.9. The Bertz CT molecular complexity index is 657. The third-order valence-corrected chi connectivity index (χ3v) is 4.67. The van der Waals surface area contributed by atoms with Crippen LogP contribution in [0.4, 0.5) is 5.82 Å². The second-order valence-electron chi connectivity index (χ2n) is 6.81. The summed E-state index contributed by atoms with van der Waals surface area (Å²) in [5.41, 5.74) is 8.17. The predicted octanol–water partition coefficient (Wildman–Crippen LogP) is 2.56. The molecule has 1 aliphatic rings. The number of unbranched alkanes of at least 4 members (excludes halogenated alkanes) is 1. The van der Waals surface area contributed by atoms with Crippen LogP contribution in [0.25, 0.3) is 0 Å². The minimum Gasteiger partial charge on any atom is -0.384 e. The predicted molar refractivity (Wildman–Crippen MR) is 99.2 cm³/mol. The number of H-pyrrole nitrogens is 1. The zero-order chi connectivity index (χ0) is 17.5. The first-order chi connectivity index (χ1) is 12.2. The summed E-state index contributed by atoms with van der Waals surface area (Å²) in [6.45, 7) is 5.85. The number of rotatable bonds is 8. The van der Waals surface area contributed by atoms with Gasteiger partial charge >= 0.3 is 0 Å². The zero-order valence-corrected chi connectivity index (χ0v) is 15.1. The van der Waals surface area contributed by atoms with Crippen molar-refractivity contribution in [3.63, 3.8) is 0 Å². The van der Waals surface area contributed by atoms with Crippen molar-refractivity contribution in [2.24, 2.45) is 0 Å². The van der Waals surface area contributed by atoms with E-state index in [0.717, 1.165) is 51.3 Å². The van der Waals surface area contributed by atoms with Crippen LogP contribution in [0.1, 0.15) is 43.3 Å². The first-order valence-corrected chi connectivity index (χ1v) is 9.30. The quantitative estimate of drug-likeness (QED) is 0.770. The lowest BCUT2D eigenvalue weighted by molar-refractivity contribution is -0.0348. The molecule has 6 heteroatoms. The molecule has 2 aromatic rings. The molecule has 1 atom stereocenters. The molecule has 25 heavy (non-hydrogen) atoms. The van der Waals surface area contributed by atoms with Gasteiger partial charge in [-0.3, -0.25) is 4.90 Å². The van der Waals surface area contributed by atoms with Crippen molar-refractivity contribution in [2.45, 2.75) is 51.7 Å². The Morgan fingerprint density at radius 1 is 1.36 bits per heavy atom. The fraction of sp³-hybridized carbons (Fsp3) is 0.579. The maximum Gasteiger partial charge on any atom is 0.123 e. The van der Waals surface area contributed by atoms with Gasteiger partial charge in [0, 0.05) is 44.1 Å². The van der Waals surface area contributed by atoms with Crippen molar-refractivity contribution in [3.05, 3.63) is 41.6 Å². The number of aryl methyl sites for hydroxylation is 2. The van der Waals surface area contributed by atoms with Crippen molar-refractivity contribution >= 4 is 5.82 Å². The largest absolute Gasteiger partial charge is 0.384 e. The Morgan fingerprint density at radius 2 is 2.28 bits per heavy atom. The summed E-state index contributed by atoms with van der Waals surface area (Å²) in [6, 6.07) is 3.97. The fourth-order valence-corrected chi connectivity index (χ4v) is 3.27. The lowest BCUT2D eigenvalue weighted by Crippen LogP contribution is -2.42. The zero-order valence-electron chi connectivity index (χ0n) is 15.1. The standard InChI is InChI=1S/C19H29N5O/c1-2-3-4-19-22-12-16(23-19)13-24-9-10-25-17(14-24)6-5-15-7-8-21-18(20)11-15/h7-8,11-12,17H,2-6,9-10,13-14H2,1H3,(H2,20,21)(H,22,23). The van der Waals surface area contributed by atoms with Gasteiger partial charge in [-0.25, -0.2) is 9.97 Å². The van der Waals surface area contributed by atoms with E-state index in [-0.39, 0.29) is 6.10 Å². The molecule has 1 unspecified atom stereocenters. The summed E-state index contributed by atoms with van der Waals surface area (Å²) in [5.74, 6) is 1.69. The maximum absolute atomic E-state index is 5.94. The van der Waals surface area contributed by atoms with Crippen molar-refractivity contribution in [3.8, 4) is 0 Å². The van der Waals surface area contributed by atoms with E-state index < -0.39 is 0 Å². The van der Waals surface area contributed by atoms with E-state index in [1.165, 1.54) is 24.1 Å². The number of nitrogens with two attached hydrogens (primary N) is 1. The normalized spacial score (nSPS) is 18.5. The van der Waals surface area contributed by atoms with Crippen LogP contribution in [0, 0.1) is 0 Å². The van der Waals surface area contributed by atoms with Gasteiger partial charge in [0.2, 0.25) is 0 Å². The van der Waals surface area contributed by atoms with E-state index in [1.54, 1.807) is 6.20 Å². The molecule has 0 aliphatic carbocycles. The number of nitrogen functional groups attached to an aromatic ring is 1. The van der Waals surface area contributed by atoms with E-state index in [0.29, 0.717) is 5.82 Å². The first-order valence-electron chi connectivity index (χ1n) is 9.30. The highest BCUT2D eigenvalue weighted by atomic mass is 16.5. The number of nitrogens with one attached hydrogen (secondary N) is 1. The van der Waals surface area contributed by atoms with Crippen LogP contribution in [-0.2, 0) is 24.1 Å². The van der Waals surface area contributed by atoms with Crippen LogP contribution in [0.5, 0.6) is 0 Å². The van der Waals surface area contributed by atoms with Crippen molar-refractivity contribution in [1.82, 2.24) is 19.9 Å². The SMILES string of the molecule is CCCCc1ncc(CN2CCOC(CCc3ccnc(N)c3)C2)[nH]1. The highest BCUT2D eigenvalue weighted by Gasteiger charge is 2.21. The van der Waals surface area contributed by atoms with Gasteiger partial charge in [-0.2, -0.15) is 0 Å². The average molecular weight is 343 g/mol. The monoisotopic (exact) mass is 343 g/mol. The summed E-state index contributed by atoms with van der Waals surface area (Å²) < 4.78 is 5.94. The average Bonchev–Trinajstić information content (AvgIpc) is 3.06. The van der Waals surface area contributed by atoms with Crippen LogP contribution in [0.3, 0.4) is 0 Å². The summed E-state index contributed by atoms with van der Waals surface area (Å²) in [4.78, 5) is 14.4. The fourth-order valence-electron chi connectivity index (χ4n) is 3.27. The Balaban J connectivity index is 1.46. The van der Waals surface area contributed by atoms with Gasteiger partial charge in [0.25, 0.3) is 0 Å². The number of morpholine rings is 1. The molecule has 1 aliphatic heterocycles. The maximum atomic E-state index is 5.94. The number of hydrogen-bond acceptors (Lipinski definition) is 5. The molecule has 0 saturated carbocycles. The van der Waals surface area contributed by atoms with Crippen LogP contribution in [0.15, 0.2) is 24.5 Å². The molecule has 2 aromatic heterocycles. The molecule has 3 N–H and O–H groups in total. The van der Waals surface area contributed by atoms with Crippen LogP contribution < -0.4 is 5.73 Å². The van der Waals surface area contributed by atoms with Gasteiger partial charge in [-0.1, -0.05) is 13.3 Å². The molecule has 1 fully saturated rings. The lowest BCUT2D eigenvalue weighted by atomic mass is 10.1. The van der Waals surface area contributed by atoms with E-state index in [2.05, 4.69) is 26.8 Å². The molecule has 136 valence electrons. The molecule has 0 bridgehead atoms. The number of hydrogen-bond donors (Lipinski definition) is 2. The number of aromatic amines is 1. The van der Waals surface area contributed by atoms with Crippen molar-refractivity contribution in [2.75, 3.05) is 25.4 Å². The minimum atomic E-state index is 0.269. The highest BCUT2D eigenvalue weighted by Crippen LogP contribution is 2.15. The Morgan fingerprint density at radius 3 is 3.12 bits per heavy atom. The second-order valence-corrected chi connectivity index (χ2v) is 6.81. The van der Waals surface area contributed by atoms with Gasteiger partial charge in [-0.05, 0) is 37.0 Å². The van der Waals surface area contributed by atoms with Gasteiger partial charge in [-0.15, -0.1) is 0 Å².